The van der Waals surface area contributed by atoms with Crippen LogP contribution in [0.5, 0.6) is 5.75 Å². The predicted octanol–water partition coefficient (Wildman–Crippen LogP) is 3.03. The molecule has 0 saturated heterocycles. The number of benzene rings is 1. The van der Waals surface area contributed by atoms with Crippen molar-refractivity contribution in [2.75, 3.05) is 7.11 Å². The highest BCUT2D eigenvalue weighted by Crippen LogP contribution is 2.29. The average Bonchev–Trinajstić information content (AvgIpc) is 2.24. The summed E-state index contributed by atoms with van der Waals surface area (Å²) in [7, 11) is 1.57. The van der Waals surface area contributed by atoms with E-state index in [4.69, 9.17) is 4.74 Å². The van der Waals surface area contributed by atoms with Crippen molar-refractivity contribution in [1.82, 2.24) is 0 Å². The Hall–Kier alpha value is -1.38. The standard InChI is InChI=1S/C13H17FO2/c1-13(2,14)11-6-7-12(16-3)10(9-11)5-4-8-15/h6-9H,4-5H2,1-3H3. The SMILES string of the molecule is COc1ccc(C(C)(C)F)cc1CCC=O. The fourth-order valence-electron chi connectivity index (χ4n) is 1.56. The van der Waals surface area contributed by atoms with Crippen LogP contribution in [0.2, 0.25) is 0 Å². The molecule has 88 valence electrons. The lowest BCUT2D eigenvalue weighted by molar-refractivity contribution is -0.107. The van der Waals surface area contributed by atoms with E-state index in [2.05, 4.69) is 0 Å². The lowest BCUT2D eigenvalue weighted by Gasteiger charge is -2.17. The van der Waals surface area contributed by atoms with E-state index < -0.39 is 5.67 Å². The van der Waals surface area contributed by atoms with E-state index in [9.17, 15) is 9.18 Å². The second-order valence-electron chi connectivity index (χ2n) is 4.20. The molecular formula is C13H17FO2. The molecule has 0 aliphatic heterocycles. The second-order valence-corrected chi connectivity index (χ2v) is 4.20. The predicted molar refractivity (Wildman–Crippen MR) is 61.5 cm³/mol. The van der Waals surface area contributed by atoms with Gasteiger partial charge in [0, 0.05) is 6.42 Å². The Morgan fingerprint density at radius 2 is 2.12 bits per heavy atom. The van der Waals surface area contributed by atoms with E-state index in [1.807, 2.05) is 0 Å². The van der Waals surface area contributed by atoms with E-state index in [0.717, 1.165) is 11.8 Å². The van der Waals surface area contributed by atoms with E-state index in [1.54, 1.807) is 25.3 Å². The van der Waals surface area contributed by atoms with Crippen LogP contribution in [-0.2, 0) is 16.9 Å². The highest BCUT2D eigenvalue weighted by Gasteiger charge is 2.19. The van der Waals surface area contributed by atoms with Crippen molar-refractivity contribution in [3.05, 3.63) is 29.3 Å². The number of methoxy groups -OCH3 is 1. The molecule has 0 amide bonds. The van der Waals surface area contributed by atoms with Crippen molar-refractivity contribution in [3.8, 4) is 5.75 Å². The van der Waals surface area contributed by atoms with Crippen molar-refractivity contribution < 1.29 is 13.9 Å². The van der Waals surface area contributed by atoms with Crippen molar-refractivity contribution in [3.63, 3.8) is 0 Å². The minimum atomic E-state index is -1.37. The van der Waals surface area contributed by atoms with Crippen molar-refractivity contribution in [2.24, 2.45) is 0 Å². The Kier molecular flexibility index (Phi) is 4.05. The minimum Gasteiger partial charge on any atom is -0.496 e. The third kappa shape index (κ3) is 3.05. The van der Waals surface area contributed by atoms with Crippen molar-refractivity contribution >= 4 is 6.29 Å². The molecule has 3 heteroatoms. The summed E-state index contributed by atoms with van der Waals surface area (Å²) in [6.07, 6.45) is 1.86. The highest BCUT2D eigenvalue weighted by atomic mass is 19.1. The Morgan fingerprint density at radius 1 is 1.44 bits per heavy atom. The summed E-state index contributed by atoms with van der Waals surface area (Å²) in [5.74, 6) is 0.704. The molecule has 0 spiro atoms. The van der Waals surface area contributed by atoms with Crippen LogP contribution in [0.3, 0.4) is 0 Å². The van der Waals surface area contributed by atoms with Crippen LogP contribution in [0.1, 0.15) is 31.4 Å². The molecule has 2 nitrogen and oxygen atoms in total. The lowest BCUT2D eigenvalue weighted by atomic mass is 9.96. The molecule has 0 aromatic heterocycles. The molecule has 0 aliphatic carbocycles. The normalized spacial score (nSPS) is 11.2. The van der Waals surface area contributed by atoms with Crippen LogP contribution in [0.15, 0.2) is 18.2 Å². The van der Waals surface area contributed by atoms with Crippen LogP contribution in [-0.4, -0.2) is 13.4 Å². The number of ether oxygens (including phenoxy) is 1. The van der Waals surface area contributed by atoms with Gasteiger partial charge in [-0.15, -0.1) is 0 Å². The number of halogens is 1. The van der Waals surface area contributed by atoms with Gasteiger partial charge in [0.25, 0.3) is 0 Å². The van der Waals surface area contributed by atoms with Crippen LogP contribution in [0.4, 0.5) is 4.39 Å². The number of rotatable bonds is 5. The number of hydrogen-bond acceptors (Lipinski definition) is 2. The van der Waals surface area contributed by atoms with Gasteiger partial charge in [-0.2, -0.15) is 0 Å². The van der Waals surface area contributed by atoms with Gasteiger partial charge in [0.05, 0.1) is 7.11 Å². The van der Waals surface area contributed by atoms with Gasteiger partial charge in [-0.05, 0) is 43.5 Å². The number of carbonyl (C=O) groups excluding carboxylic acids is 1. The van der Waals surface area contributed by atoms with E-state index in [1.165, 1.54) is 13.8 Å². The largest absolute Gasteiger partial charge is 0.496 e. The molecule has 0 radical (unpaired) electrons. The first-order valence-corrected chi connectivity index (χ1v) is 5.29. The van der Waals surface area contributed by atoms with Crippen LogP contribution in [0.25, 0.3) is 0 Å². The average molecular weight is 224 g/mol. The molecule has 0 unspecified atom stereocenters. The maximum Gasteiger partial charge on any atom is 0.130 e. The van der Waals surface area contributed by atoms with Gasteiger partial charge >= 0.3 is 0 Å². The Balaban J connectivity index is 3.05. The maximum atomic E-state index is 13.7. The first-order valence-electron chi connectivity index (χ1n) is 5.29. The molecule has 1 aromatic carbocycles. The molecule has 16 heavy (non-hydrogen) atoms. The van der Waals surface area contributed by atoms with Crippen molar-refractivity contribution in [1.29, 1.82) is 0 Å². The first kappa shape index (κ1) is 12.7. The summed E-state index contributed by atoms with van der Waals surface area (Å²) >= 11 is 0. The molecule has 0 bridgehead atoms. The van der Waals surface area contributed by atoms with Gasteiger partial charge in [-0.25, -0.2) is 4.39 Å². The fourth-order valence-corrected chi connectivity index (χ4v) is 1.56. The molecule has 0 saturated carbocycles. The molecule has 1 rings (SSSR count). The number of alkyl halides is 1. The second kappa shape index (κ2) is 5.10. The Bertz CT molecular complexity index is 367. The monoisotopic (exact) mass is 224 g/mol. The van der Waals surface area contributed by atoms with Crippen molar-refractivity contribution in [2.45, 2.75) is 32.4 Å². The van der Waals surface area contributed by atoms with Gasteiger partial charge in [-0.1, -0.05) is 6.07 Å². The minimum absolute atomic E-state index is 0.423. The zero-order valence-corrected chi connectivity index (χ0v) is 9.92. The molecule has 0 heterocycles. The van der Waals surface area contributed by atoms with E-state index >= 15 is 0 Å². The maximum absolute atomic E-state index is 13.7. The summed E-state index contributed by atoms with van der Waals surface area (Å²) in [5.41, 5.74) is 0.106. The summed E-state index contributed by atoms with van der Waals surface area (Å²) in [6.45, 7) is 3.02. The fraction of sp³-hybridized carbons (Fsp3) is 0.462. The van der Waals surface area contributed by atoms with Gasteiger partial charge in [0.1, 0.15) is 17.7 Å². The van der Waals surface area contributed by atoms with E-state index in [0.29, 0.717) is 24.2 Å². The molecule has 0 N–H and O–H groups in total. The molecule has 0 atom stereocenters. The number of hydrogen-bond donors (Lipinski definition) is 0. The molecule has 1 aromatic rings. The van der Waals surface area contributed by atoms with Crippen LogP contribution < -0.4 is 4.74 Å². The molecular weight excluding hydrogens is 207 g/mol. The van der Waals surface area contributed by atoms with Crippen LogP contribution >= 0.6 is 0 Å². The number of aldehydes is 1. The Morgan fingerprint density at radius 3 is 2.62 bits per heavy atom. The van der Waals surface area contributed by atoms with Gasteiger partial charge in [-0.3, -0.25) is 0 Å². The van der Waals surface area contributed by atoms with Gasteiger partial charge in [0.15, 0.2) is 0 Å². The number of aryl methyl sites for hydroxylation is 1. The molecule has 0 fully saturated rings. The zero-order valence-electron chi connectivity index (χ0n) is 9.92. The third-order valence-electron chi connectivity index (χ3n) is 2.50. The highest BCUT2D eigenvalue weighted by molar-refractivity contribution is 5.51. The lowest BCUT2D eigenvalue weighted by Crippen LogP contribution is -2.09. The van der Waals surface area contributed by atoms with Gasteiger partial charge < -0.3 is 9.53 Å². The summed E-state index contributed by atoms with van der Waals surface area (Å²) in [5, 5.41) is 0. The first-order chi connectivity index (χ1) is 7.49. The molecule has 0 aliphatic rings. The summed E-state index contributed by atoms with van der Waals surface area (Å²) < 4.78 is 18.9. The summed E-state index contributed by atoms with van der Waals surface area (Å²) in [6, 6.07) is 5.22. The number of carbonyl (C=O) groups is 1. The van der Waals surface area contributed by atoms with E-state index in [-0.39, 0.29) is 0 Å². The zero-order chi connectivity index (χ0) is 12.2. The summed E-state index contributed by atoms with van der Waals surface area (Å²) in [4.78, 5) is 10.3. The third-order valence-corrected chi connectivity index (χ3v) is 2.50. The van der Waals surface area contributed by atoms with Gasteiger partial charge in [0.2, 0.25) is 0 Å². The van der Waals surface area contributed by atoms with Crippen LogP contribution in [0, 0.1) is 0 Å². The topological polar surface area (TPSA) is 26.3 Å². The Labute approximate surface area is 95.4 Å². The smallest absolute Gasteiger partial charge is 0.130 e. The quantitative estimate of drug-likeness (QED) is 0.718.